The van der Waals surface area contributed by atoms with Gasteiger partial charge < -0.3 is 14.7 Å². The van der Waals surface area contributed by atoms with E-state index in [1.54, 1.807) is 0 Å². The predicted molar refractivity (Wildman–Crippen MR) is 69.3 cm³/mol. The van der Waals surface area contributed by atoms with Crippen LogP contribution in [0.5, 0.6) is 5.75 Å². The summed E-state index contributed by atoms with van der Waals surface area (Å²) in [6, 6.07) is 4.62. The zero-order valence-electron chi connectivity index (χ0n) is 11.5. The number of alkyl halides is 3. The number of carbonyl (C=O) groups is 2. The number of carbonyl (C=O) groups excluding carboxylic acids is 1. The van der Waals surface area contributed by atoms with E-state index in [2.05, 4.69) is 0 Å². The number of hydrogen-bond acceptors (Lipinski definition) is 3. The van der Waals surface area contributed by atoms with Gasteiger partial charge in [-0.3, -0.25) is 9.59 Å². The number of rotatable bonds is 4. The highest BCUT2D eigenvalue weighted by molar-refractivity contribution is 5.80. The summed E-state index contributed by atoms with van der Waals surface area (Å²) < 4.78 is 43.3. The van der Waals surface area contributed by atoms with Crippen LogP contribution < -0.4 is 4.74 Å². The fourth-order valence-corrected chi connectivity index (χ4v) is 2.25. The van der Waals surface area contributed by atoms with E-state index in [9.17, 15) is 22.8 Å². The molecule has 120 valence electrons. The average Bonchev–Trinajstić information content (AvgIpc) is 2.94. The second kappa shape index (κ2) is 6.25. The van der Waals surface area contributed by atoms with Crippen molar-refractivity contribution in [3.05, 3.63) is 29.8 Å². The van der Waals surface area contributed by atoms with Gasteiger partial charge in [0.1, 0.15) is 5.75 Å². The van der Waals surface area contributed by atoms with Gasteiger partial charge in [0.05, 0.1) is 11.5 Å². The monoisotopic (exact) mass is 317 g/mol. The zero-order chi connectivity index (χ0) is 16.3. The molecular formula is C14H14F3NO4. The van der Waals surface area contributed by atoms with Crippen LogP contribution in [0, 0.1) is 5.92 Å². The molecule has 1 heterocycles. The lowest BCUT2D eigenvalue weighted by molar-refractivity contribution is -0.142. The Morgan fingerprint density at radius 2 is 2.00 bits per heavy atom. The first-order valence-corrected chi connectivity index (χ1v) is 6.58. The summed E-state index contributed by atoms with van der Waals surface area (Å²) >= 11 is 0. The van der Waals surface area contributed by atoms with Crippen molar-refractivity contribution in [2.24, 2.45) is 5.92 Å². The molecular weight excluding hydrogens is 303 g/mol. The number of benzene rings is 1. The minimum atomic E-state index is -4.57. The van der Waals surface area contributed by atoms with Gasteiger partial charge in [-0.05, 0) is 18.6 Å². The van der Waals surface area contributed by atoms with E-state index >= 15 is 0 Å². The highest BCUT2D eigenvalue weighted by atomic mass is 19.4. The van der Waals surface area contributed by atoms with E-state index in [0.29, 0.717) is 6.42 Å². The van der Waals surface area contributed by atoms with Gasteiger partial charge in [-0.2, -0.15) is 13.2 Å². The van der Waals surface area contributed by atoms with Crippen LogP contribution in [0.15, 0.2) is 24.3 Å². The third-order valence-corrected chi connectivity index (χ3v) is 3.43. The quantitative estimate of drug-likeness (QED) is 0.922. The van der Waals surface area contributed by atoms with Gasteiger partial charge in [-0.15, -0.1) is 0 Å². The minimum Gasteiger partial charge on any atom is -0.483 e. The molecule has 2 rings (SSSR count). The van der Waals surface area contributed by atoms with E-state index in [0.717, 1.165) is 12.1 Å². The Labute approximate surface area is 124 Å². The van der Waals surface area contributed by atoms with Crippen molar-refractivity contribution in [3.63, 3.8) is 0 Å². The van der Waals surface area contributed by atoms with Crippen LogP contribution in [-0.2, 0) is 15.8 Å². The lowest BCUT2D eigenvalue weighted by Gasteiger charge is -2.18. The lowest BCUT2D eigenvalue weighted by atomic mass is 10.1. The van der Waals surface area contributed by atoms with Crippen LogP contribution in [0.25, 0.3) is 0 Å². The molecule has 1 fully saturated rings. The van der Waals surface area contributed by atoms with Gasteiger partial charge in [0.2, 0.25) is 0 Å². The molecule has 22 heavy (non-hydrogen) atoms. The molecule has 5 nitrogen and oxygen atoms in total. The van der Waals surface area contributed by atoms with Crippen molar-refractivity contribution >= 4 is 11.9 Å². The SMILES string of the molecule is O=C(O)C1CCN(C(=O)COc2ccccc2C(F)(F)F)C1. The van der Waals surface area contributed by atoms with E-state index in [4.69, 9.17) is 9.84 Å². The smallest absolute Gasteiger partial charge is 0.419 e. The number of nitrogens with zero attached hydrogens (tertiary/aromatic N) is 1. The highest BCUT2D eigenvalue weighted by Crippen LogP contribution is 2.35. The van der Waals surface area contributed by atoms with Gasteiger partial charge in [0.25, 0.3) is 5.91 Å². The molecule has 8 heteroatoms. The number of likely N-dealkylation sites (tertiary alicyclic amines) is 1. The van der Waals surface area contributed by atoms with Crippen molar-refractivity contribution in [2.45, 2.75) is 12.6 Å². The summed E-state index contributed by atoms with van der Waals surface area (Å²) in [6.45, 7) is -0.238. The molecule has 1 aromatic rings. The molecule has 0 aromatic heterocycles. The first-order valence-electron chi connectivity index (χ1n) is 6.58. The summed E-state index contributed by atoms with van der Waals surface area (Å²) in [6.07, 6.45) is -4.23. The topological polar surface area (TPSA) is 66.8 Å². The standard InChI is InChI=1S/C14H14F3NO4/c15-14(16,17)10-3-1-2-4-11(10)22-8-12(19)18-6-5-9(7-18)13(20)21/h1-4,9H,5-8H2,(H,20,21). The van der Waals surface area contributed by atoms with Gasteiger partial charge in [0.15, 0.2) is 6.61 Å². The Kier molecular flexibility index (Phi) is 4.58. The Bertz CT molecular complexity index is 573. The maximum atomic E-state index is 12.8. The molecule has 0 aliphatic carbocycles. The van der Waals surface area contributed by atoms with Crippen molar-refractivity contribution in [1.82, 2.24) is 4.90 Å². The molecule has 1 N–H and O–H groups in total. The fraction of sp³-hybridized carbons (Fsp3) is 0.429. The molecule has 0 spiro atoms. The molecule has 0 radical (unpaired) electrons. The number of carboxylic acids is 1. The van der Waals surface area contributed by atoms with E-state index in [1.807, 2.05) is 0 Å². The fourth-order valence-electron chi connectivity index (χ4n) is 2.25. The highest BCUT2D eigenvalue weighted by Gasteiger charge is 2.35. The Balaban J connectivity index is 1.97. The number of ether oxygens (including phenoxy) is 1. The molecule has 1 aliphatic rings. The van der Waals surface area contributed by atoms with Gasteiger partial charge in [-0.1, -0.05) is 12.1 Å². The van der Waals surface area contributed by atoms with Gasteiger partial charge >= 0.3 is 12.1 Å². The first kappa shape index (κ1) is 16.1. The molecule has 1 unspecified atom stereocenters. The predicted octanol–water partition coefficient (Wildman–Crippen LogP) is 2.02. The van der Waals surface area contributed by atoms with Gasteiger partial charge in [0, 0.05) is 13.1 Å². The molecule has 0 bridgehead atoms. The first-order chi connectivity index (χ1) is 10.3. The molecule has 1 atom stereocenters. The maximum absolute atomic E-state index is 12.8. The normalized spacial score (nSPS) is 18.3. The zero-order valence-corrected chi connectivity index (χ0v) is 11.5. The molecule has 1 amide bonds. The summed E-state index contributed by atoms with van der Waals surface area (Å²) in [5.74, 6) is -2.57. The number of halogens is 3. The summed E-state index contributed by atoms with van der Waals surface area (Å²) in [5.41, 5.74) is -0.951. The van der Waals surface area contributed by atoms with Crippen molar-refractivity contribution in [1.29, 1.82) is 0 Å². The van der Waals surface area contributed by atoms with Crippen LogP contribution in [0.4, 0.5) is 13.2 Å². The van der Waals surface area contributed by atoms with Gasteiger partial charge in [-0.25, -0.2) is 0 Å². The van der Waals surface area contributed by atoms with Crippen LogP contribution in [0.3, 0.4) is 0 Å². The van der Waals surface area contributed by atoms with Crippen LogP contribution in [0.1, 0.15) is 12.0 Å². The largest absolute Gasteiger partial charge is 0.483 e. The van der Waals surface area contributed by atoms with E-state index in [1.165, 1.54) is 17.0 Å². The van der Waals surface area contributed by atoms with Crippen molar-refractivity contribution in [2.75, 3.05) is 19.7 Å². The van der Waals surface area contributed by atoms with Crippen molar-refractivity contribution in [3.8, 4) is 5.75 Å². The Morgan fingerprint density at radius 3 is 2.59 bits per heavy atom. The number of aliphatic carboxylic acids is 1. The second-order valence-electron chi connectivity index (χ2n) is 4.95. The number of amides is 1. The minimum absolute atomic E-state index is 0.0540. The number of hydrogen-bond donors (Lipinski definition) is 1. The Morgan fingerprint density at radius 1 is 1.32 bits per heavy atom. The molecule has 1 aromatic carbocycles. The third-order valence-electron chi connectivity index (χ3n) is 3.43. The lowest BCUT2D eigenvalue weighted by Crippen LogP contribution is -2.34. The van der Waals surface area contributed by atoms with Crippen molar-refractivity contribution < 1.29 is 32.6 Å². The summed E-state index contributed by atoms with van der Waals surface area (Å²) in [7, 11) is 0. The maximum Gasteiger partial charge on any atom is 0.419 e. The average molecular weight is 317 g/mol. The van der Waals surface area contributed by atoms with E-state index < -0.39 is 41.9 Å². The summed E-state index contributed by atoms with van der Waals surface area (Å²) in [4.78, 5) is 24.0. The van der Waals surface area contributed by atoms with Crippen LogP contribution in [-0.4, -0.2) is 41.6 Å². The number of para-hydroxylation sites is 1. The van der Waals surface area contributed by atoms with Crippen LogP contribution >= 0.6 is 0 Å². The van der Waals surface area contributed by atoms with Crippen LogP contribution in [0.2, 0.25) is 0 Å². The Hall–Kier alpha value is -2.25. The molecule has 1 aliphatic heterocycles. The molecule has 1 saturated heterocycles. The summed E-state index contributed by atoms with van der Waals surface area (Å²) in [5, 5.41) is 8.85. The number of carboxylic acid groups (broad SMARTS) is 1. The van der Waals surface area contributed by atoms with E-state index in [-0.39, 0.29) is 13.1 Å². The third kappa shape index (κ3) is 3.69. The second-order valence-corrected chi connectivity index (χ2v) is 4.95. The molecule has 0 saturated carbocycles.